The number of aromatic amines is 1. The maximum absolute atomic E-state index is 10.9. The van der Waals surface area contributed by atoms with Gasteiger partial charge in [-0.05, 0) is 0 Å². The van der Waals surface area contributed by atoms with Crippen molar-refractivity contribution >= 4 is 11.3 Å². The first-order valence-electron chi connectivity index (χ1n) is 3.43. The van der Waals surface area contributed by atoms with Crippen LogP contribution >= 0.6 is 11.3 Å². The molecule has 4 heteroatoms. The molecule has 0 unspecified atom stereocenters. The zero-order valence-corrected chi connectivity index (χ0v) is 6.97. The van der Waals surface area contributed by atoms with Crippen molar-refractivity contribution in [3.63, 3.8) is 0 Å². The molecular weight excluding hydrogens is 172 g/mol. The molecule has 0 aromatic carbocycles. The molecule has 2 aromatic rings. The van der Waals surface area contributed by atoms with Crippen LogP contribution in [-0.4, -0.2) is 9.97 Å². The van der Waals surface area contributed by atoms with Gasteiger partial charge in [-0.25, -0.2) is 4.98 Å². The highest BCUT2D eigenvalue weighted by Crippen LogP contribution is 2.13. The van der Waals surface area contributed by atoms with Crippen LogP contribution in [0.4, 0.5) is 0 Å². The molecule has 0 spiro atoms. The summed E-state index contributed by atoms with van der Waals surface area (Å²) in [5, 5.41) is 1.89. The van der Waals surface area contributed by atoms with Crippen molar-refractivity contribution in [2.45, 2.75) is 0 Å². The minimum Gasteiger partial charge on any atom is -0.360 e. The highest BCUT2D eigenvalue weighted by atomic mass is 32.1. The van der Waals surface area contributed by atoms with Crippen molar-refractivity contribution in [2.24, 2.45) is 0 Å². The van der Waals surface area contributed by atoms with Gasteiger partial charge in [0.2, 0.25) is 0 Å². The Kier molecular flexibility index (Phi) is 1.75. The first-order valence-corrected chi connectivity index (χ1v) is 4.38. The van der Waals surface area contributed by atoms with Crippen LogP contribution in [0.15, 0.2) is 34.0 Å². The smallest absolute Gasteiger partial charge is 0.182 e. The van der Waals surface area contributed by atoms with E-state index >= 15 is 0 Å². The number of aromatic nitrogens is 2. The van der Waals surface area contributed by atoms with Gasteiger partial charge in [-0.15, -0.1) is 11.3 Å². The van der Waals surface area contributed by atoms with Gasteiger partial charge >= 0.3 is 0 Å². The maximum atomic E-state index is 10.9. The normalized spacial score (nSPS) is 10.0. The summed E-state index contributed by atoms with van der Waals surface area (Å²) in [4.78, 5) is 18.0. The summed E-state index contributed by atoms with van der Waals surface area (Å²) in [7, 11) is 0. The molecule has 2 aromatic heterocycles. The SMILES string of the molecule is O=c1cc[nH]c(-c2cscn2)c1. The second-order valence-electron chi connectivity index (χ2n) is 2.31. The van der Waals surface area contributed by atoms with Crippen LogP contribution in [0.2, 0.25) is 0 Å². The monoisotopic (exact) mass is 178 g/mol. The molecular formula is C8H6N2OS. The highest BCUT2D eigenvalue weighted by molar-refractivity contribution is 7.07. The fourth-order valence-corrected chi connectivity index (χ4v) is 1.49. The molecule has 0 atom stereocenters. The molecule has 1 N–H and O–H groups in total. The van der Waals surface area contributed by atoms with Crippen LogP contribution in [0.25, 0.3) is 11.4 Å². The van der Waals surface area contributed by atoms with Gasteiger partial charge in [-0.2, -0.15) is 0 Å². The standard InChI is InChI=1S/C8H6N2OS/c11-6-1-2-9-7(3-6)8-4-12-5-10-8/h1-5H,(H,9,11). The van der Waals surface area contributed by atoms with Crippen molar-refractivity contribution in [3.8, 4) is 11.4 Å². The van der Waals surface area contributed by atoms with E-state index in [9.17, 15) is 4.79 Å². The van der Waals surface area contributed by atoms with Crippen LogP contribution in [0.1, 0.15) is 0 Å². The average molecular weight is 178 g/mol. The molecule has 0 saturated carbocycles. The lowest BCUT2D eigenvalue weighted by Crippen LogP contribution is -1.97. The molecule has 0 aliphatic heterocycles. The number of H-pyrrole nitrogens is 1. The molecule has 2 heterocycles. The first-order chi connectivity index (χ1) is 5.86. The topological polar surface area (TPSA) is 45.8 Å². The third kappa shape index (κ3) is 1.29. The Hall–Kier alpha value is -1.42. The number of pyridine rings is 1. The Morgan fingerprint density at radius 1 is 1.50 bits per heavy atom. The Morgan fingerprint density at radius 3 is 3.08 bits per heavy atom. The van der Waals surface area contributed by atoms with Gasteiger partial charge in [0.05, 0.1) is 16.9 Å². The minimum atomic E-state index is -0.00301. The minimum absolute atomic E-state index is 0.00301. The largest absolute Gasteiger partial charge is 0.360 e. The van der Waals surface area contributed by atoms with E-state index in [4.69, 9.17) is 0 Å². The van der Waals surface area contributed by atoms with Crippen molar-refractivity contribution in [1.82, 2.24) is 9.97 Å². The van der Waals surface area contributed by atoms with E-state index in [1.165, 1.54) is 23.5 Å². The molecule has 2 rings (SSSR count). The van der Waals surface area contributed by atoms with Crippen molar-refractivity contribution < 1.29 is 0 Å². The van der Waals surface area contributed by atoms with Gasteiger partial charge in [0, 0.05) is 23.7 Å². The quantitative estimate of drug-likeness (QED) is 0.719. The van der Waals surface area contributed by atoms with Crippen LogP contribution in [0.3, 0.4) is 0 Å². The van der Waals surface area contributed by atoms with E-state index in [0.717, 1.165) is 11.4 Å². The van der Waals surface area contributed by atoms with E-state index in [1.807, 2.05) is 5.38 Å². The molecule has 0 bridgehead atoms. The van der Waals surface area contributed by atoms with Gasteiger partial charge in [0.25, 0.3) is 0 Å². The van der Waals surface area contributed by atoms with E-state index in [1.54, 1.807) is 11.7 Å². The summed E-state index contributed by atoms with van der Waals surface area (Å²) < 4.78 is 0. The predicted molar refractivity (Wildman–Crippen MR) is 48.2 cm³/mol. The number of rotatable bonds is 1. The van der Waals surface area contributed by atoms with E-state index in [-0.39, 0.29) is 5.43 Å². The van der Waals surface area contributed by atoms with Gasteiger partial charge in [0.15, 0.2) is 5.43 Å². The molecule has 60 valence electrons. The number of thiazole rings is 1. The van der Waals surface area contributed by atoms with Crippen molar-refractivity contribution in [3.05, 3.63) is 39.4 Å². The average Bonchev–Trinajstić information content (AvgIpc) is 2.56. The van der Waals surface area contributed by atoms with Gasteiger partial charge in [-0.1, -0.05) is 0 Å². The number of nitrogens with zero attached hydrogens (tertiary/aromatic N) is 1. The zero-order valence-electron chi connectivity index (χ0n) is 6.15. The molecule has 12 heavy (non-hydrogen) atoms. The molecule has 0 fully saturated rings. The van der Waals surface area contributed by atoms with Gasteiger partial charge in [0.1, 0.15) is 0 Å². The van der Waals surface area contributed by atoms with Crippen LogP contribution < -0.4 is 5.43 Å². The van der Waals surface area contributed by atoms with E-state index in [0.29, 0.717) is 0 Å². The molecule has 0 aliphatic rings. The Bertz CT molecular complexity index is 419. The maximum Gasteiger partial charge on any atom is 0.182 e. The molecule has 3 nitrogen and oxygen atoms in total. The number of nitrogens with one attached hydrogen (secondary N) is 1. The Labute approximate surface area is 72.7 Å². The summed E-state index contributed by atoms with van der Waals surface area (Å²) in [5.74, 6) is 0. The number of hydrogen-bond donors (Lipinski definition) is 1. The van der Waals surface area contributed by atoms with Crippen molar-refractivity contribution in [2.75, 3.05) is 0 Å². The van der Waals surface area contributed by atoms with Crippen LogP contribution in [0, 0.1) is 0 Å². The first kappa shape index (κ1) is 7.24. The predicted octanol–water partition coefficient (Wildman–Crippen LogP) is 1.50. The summed E-state index contributed by atoms with van der Waals surface area (Å²) >= 11 is 1.51. The van der Waals surface area contributed by atoms with Gasteiger partial charge in [-0.3, -0.25) is 4.79 Å². The third-order valence-electron chi connectivity index (χ3n) is 1.48. The van der Waals surface area contributed by atoms with Gasteiger partial charge < -0.3 is 4.98 Å². The summed E-state index contributed by atoms with van der Waals surface area (Å²) in [6.07, 6.45) is 1.62. The lowest BCUT2D eigenvalue weighted by Gasteiger charge is -1.93. The second kappa shape index (κ2) is 2.91. The lowest BCUT2D eigenvalue weighted by atomic mass is 10.3. The Morgan fingerprint density at radius 2 is 2.42 bits per heavy atom. The highest BCUT2D eigenvalue weighted by Gasteiger charge is 1.98. The molecule has 0 aliphatic carbocycles. The summed E-state index contributed by atoms with van der Waals surface area (Å²) in [6.45, 7) is 0. The molecule has 0 amide bonds. The summed E-state index contributed by atoms with van der Waals surface area (Å²) in [6, 6.07) is 3.02. The van der Waals surface area contributed by atoms with Crippen molar-refractivity contribution in [1.29, 1.82) is 0 Å². The van der Waals surface area contributed by atoms with E-state index in [2.05, 4.69) is 9.97 Å². The third-order valence-corrected chi connectivity index (χ3v) is 2.07. The summed E-state index contributed by atoms with van der Waals surface area (Å²) in [5.41, 5.74) is 3.32. The fraction of sp³-hybridized carbons (Fsp3) is 0. The second-order valence-corrected chi connectivity index (χ2v) is 3.03. The zero-order chi connectivity index (χ0) is 8.39. The molecule has 0 radical (unpaired) electrons. The lowest BCUT2D eigenvalue weighted by molar-refractivity contribution is 1.26. The molecule has 0 saturated heterocycles. The Balaban J connectivity index is 2.55. The van der Waals surface area contributed by atoms with E-state index < -0.39 is 0 Å². The van der Waals surface area contributed by atoms with Crippen LogP contribution in [0.5, 0.6) is 0 Å². The van der Waals surface area contributed by atoms with Crippen LogP contribution in [-0.2, 0) is 0 Å². The fourth-order valence-electron chi connectivity index (χ4n) is 0.939. The number of hydrogen-bond acceptors (Lipinski definition) is 3.